The lowest BCUT2D eigenvalue weighted by Gasteiger charge is -2.21. The maximum absolute atomic E-state index is 3.88. The molecule has 0 aromatic carbocycles. The van der Waals surface area contributed by atoms with Crippen LogP contribution >= 0.6 is 7.92 Å². The van der Waals surface area contributed by atoms with E-state index in [2.05, 4.69) is 12.7 Å². The summed E-state index contributed by atoms with van der Waals surface area (Å²) >= 11 is 0. The van der Waals surface area contributed by atoms with Gasteiger partial charge in [-0.15, -0.1) is 6.58 Å². The molecule has 2 aliphatic rings. The molecular formula is C10H17P. The first kappa shape index (κ1) is 7.80. The molecule has 1 heterocycles. The summed E-state index contributed by atoms with van der Waals surface area (Å²) < 4.78 is 0. The molecule has 0 radical (unpaired) electrons. The fraction of sp³-hybridized carbons (Fsp3) is 0.800. The number of hydrogen-bond acceptors (Lipinski definition) is 0. The Bertz CT molecular complexity index is 147. The van der Waals surface area contributed by atoms with Gasteiger partial charge >= 0.3 is 0 Å². The van der Waals surface area contributed by atoms with E-state index in [0.29, 0.717) is 7.92 Å². The van der Waals surface area contributed by atoms with E-state index in [4.69, 9.17) is 0 Å². The third-order valence-electron chi connectivity index (χ3n) is 3.01. The number of allylic oxidation sites excluding steroid dienone is 1. The SMILES string of the molecule is C=CC1CP1C1CCCCC1. The Morgan fingerprint density at radius 2 is 1.91 bits per heavy atom. The van der Waals surface area contributed by atoms with E-state index in [1.165, 1.54) is 38.3 Å². The summed E-state index contributed by atoms with van der Waals surface area (Å²) in [5.41, 5.74) is 2.11. The van der Waals surface area contributed by atoms with Crippen molar-refractivity contribution in [2.75, 3.05) is 6.16 Å². The Morgan fingerprint density at radius 3 is 2.45 bits per heavy atom. The van der Waals surface area contributed by atoms with Crippen molar-refractivity contribution in [2.24, 2.45) is 0 Å². The first-order valence-electron chi connectivity index (χ1n) is 4.80. The maximum atomic E-state index is 3.88. The van der Waals surface area contributed by atoms with Crippen LogP contribution in [0.2, 0.25) is 0 Å². The van der Waals surface area contributed by atoms with Crippen molar-refractivity contribution in [3.63, 3.8) is 0 Å². The summed E-state index contributed by atoms with van der Waals surface area (Å²) in [5.74, 6) is 0. The fourth-order valence-corrected chi connectivity index (χ4v) is 5.12. The Hall–Kier alpha value is 0.170. The molecule has 2 unspecified atom stereocenters. The number of hydrogen-bond donors (Lipinski definition) is 0. The van der Waals surface area contributed by atoms with Gasteiger partial charge in [0.2, 0.25) is 0 Å². The van der Waals surface area contributed by atoms with Crippen LogP contribution in [0.25, 0.3) is 0 Å². The van der Waals surface area contributed by atoms with E-state index in [1.807, 2.05) is 0 Å². The van der Waals surface area contributed by atoms with Crippen LogP contribution in [-0.4, -0.2) is 17.5 Å². The highest BCUT2D eigenvalue weighted by Gasteiger charge is 2.39. The van der Waals surface area contributed by atoms with Gasteiger partial charge in [0, 0.05) is 5.66 Å². The molecule has 0 amide bonds. The van der Waals surface area contributed by atoms with Gasteiger partial charge < -0.3 is 0 Å². The smallest absolute Gasteiger partial charge is 0.00101 e. The molecule has 11 heavy (non-hydrogen) atoms. The predicted molar refractivity (Wildman–Crippen MR) is 52.6 cm³/mol. The van der Waals surface area contributed by atoms with Gasteiger partial charge in [-0.2, -0.15) is 0 Å². The zero-order chi connectivity index (χ0) is 7.68. The normalized spacial score (nSPS) is 38.5. The Labute approximate surface area is 70.8 Å². The van der Waals surface area contributed by atoms with E-state index in [-0.39, 0.29) is 0 Å². The van der Waals surface area contributed by atoms with E-state index in [0.717, 1.165) is 11.3 Å². The Kier molecular flexibility index (Phi) is 2.32. The molecular weight excluding hydrogens is 151 g/mol. The lowest BCUT2D eigenvalue weighted by atomic mass is 10.0. The third-order valence-corrected chi connectivity index (χ3v) is 6.05. The van der Waals surface area contributed by atoms with Crippen LogP contribution in [0.5, 0.6) is 0 Å². The molecule has 0 spiro atoms. The van der Waals surface area contributed by atoms with E-state index < -0.39 is 0 Å². The molecule has 62 valence electrons. The van der Waals surface area contributed by atoms with Crippen LogP contribution in [0, 0.1) is 0 Å². The quantitative estimate of drug-likeness (QED) is 0.438. The average Bonchev–Trinajstić information content (AvgIpc) is 2.85. The van der Waals surface area contributed by atoms with Crippen molar-refractivity contribution in [1.82, 2.24) is 0 Å². The predicted octanol–water partition coefficient (Wildman–Crippen LogP) is 3.37. The summed E-state index contributed by atoms with van der Waals surface area (Å²) in [5, 5.41) is 0. The van der Waals surface area contributed by atoms with Gasteiger partial charge in [-0.05, 0) is 24.7 Å². The molecule has 1 heteroatoms. The molecule has 0 nitrogen and oxygen atoms in total. The zero-order valence-corrected chi connectivity index (χ0v) is 8.02. The van der Waals surface area contributed by atoms with Crippen molar-refractivity contribution in [2.45, 2.75) is 43.4 Å². The van der Waals surface area contributed by atoms with Crippen molar-refractivity contribution < 1.29 is 0 Å². The molecule has 0 bridgehead atoms. The van der Waals surface area contributed by atoms with Crippen molar-refractivity contribution in [3.8, 4) is 0 Å². The Morgan fingerprint density at radius 1 is 1.18 bits per heavy atom. The fourth-order valence-electron chi connectivity index (χ4n) is 2.21. The molecule has 1 aliphatic carbocycles. The van der Waals surface area contributed by atoms with Crippen LogP contribution in [0.1, 0.15) is 32.1 Å². The molecule has 1 saturated heterocycles. The van der Waals surface area contributed by atoms with Gasteiger partial charge in [-0.25, -0.2) is 0 Å². The number of rotatable bonds is 2. The lowest BCUT2D eigenvalue weighted by Crippen LogP contribution is -2.06. The van der Waals surface area contributed by atoms with Crippen molar-refractivity contribution >= 4 is 7.92 Å². The van der Waals surface area contributed by atoms with Crippen LogP contribution in [0.15, 0.2) is 12.7 Å². The summed E-state index contributed by atoms with van der Waals surface area (Å²) in [4.78, 5) is 0. The topological polar surface area (TPSA) is 0 Å². The standard InChI is InChI=1S/C10H17P/c1-2-9-8-11(9)10-6-4-3-5-7-10/h2,9-10H,1,3-8H2. The van der Waals surface area contributed by atoms with Crippen LogP contribution in [-0.2, 0) is 0 Å². The Balaban J connectivity index is 1.81. The zero-order valence-electron chi connectivity index (χ0n) is 7.13. The average molecular weight is 168 g/mol. The summed E-state index contributed by atoms with van der Waals surface area (Å²) in [7, 11) is 0.450. The third kappa shape index (κ3) is 1.67. The summed E-state index contributed by atoms with van der Waals surface area (Å²) in [6.45, 7) is 3.88. The van der Waals surface area contributed by atoms with E-state index in [1.54, 1.807) is 0 Å². The van der Waals surface area contributed by atoms with Crippen LogP contribution in [0.3, 0.4) is 0 Å². The summed E-state index contributed by atoms with van der Waals surface area (Å²) in [6.07, 6.45) is 11.3. The first-order valence-corrected chi connectivity index (χ1v) is 6.46. The molecule has 2 fully saturated rings. The monoisotopic (exact) mass is 168 g/mol. The van der Waals surface area contributed by atoms with Crippen LogP contribution in [0.4, 0.5) is 0 Å². The van der Waals surface area contributed by atoms with Gasteiger partial charge in [-0.1, -0.05) is 33.3 Å². The minimum absolute atomic E-state index is 0.450. The molecule has 0 N–H and O–H groups in total. The molecule has 0 aromatic rings. The van der Waals surface area contributed by atoms with Gasteiger partial charge in [0.15, 0.2) is 0 Å². The lowest BCUT2D eigenvalue weighted by molar-refractivity contribution is 0.513. The molecule has 0 aromatic heterocycles. The second-order valence-corrected chi connectivity index (χ2v) is 6.58. The minimum Gasteiger partial charge on any atom is -0.102 e. The molecule has 1 aliphatic heterocycles. The largest absolute Gasteiger partial charge is 0.102 e. The van der Waals surface area contributed by atoms with Crippen molar-refractivity contribution in [3.05, 3.63) is 12.7 Å². The first-order chi connectivity index (χ1) is 5.42. The van der Waals surface area contributed by atoms with Crippen LogP contribution < -0.4 is 0 Å². The minimum atomic E-state index is 0.450. The maximum Gasteiger partial charge on any atom is 0.00101 e. The highest BCUT2D eigenvalue weighted by Crippen LogP contribution is 2.65. The molecule has 2 atom stereocenters. The van der Waals surface area contributed by atoms with Crippen molar-refractivity contribution in [1.29, 1.82) is 0 Å². The van der Waals surface area contributed by atoms with E-state index in [9.17, 15) is 0 Å². The van der Waals surface area contributed by atoms with Gasteiger partial charge in [-0.3, -0.25) is 0 Å². The van der Waals surface area contributed by atoms with Gasteiger partial charge in [0.1, 0.15) is 0 Å². The van der Waals surface area contributed by atoms with E-state index >= 15 is 0 Å². The molecule has 1 saturated carbocycles. The second-order valence-electron chi connectivity index (χ2n) is 3.79. The second kappa shape index (κ2) is 3.27. The summed E-state index contributed by atoms with van der Waals surface area (Å²) in [6, 6.07) is 0. The van der Waals surface area contributed by atoms with Gasteiger partial charge in [0.05, 0.1) is 0 Å². The highest BCUT2D eigenvalue weighted by molar-refractivity contribution is 7.67. The van der Waals surface area contributed by atoms with Gasteiger partial charge in [0.25, 0.3) is 0 Å². The molecule has 2 rings (SSSR count). The highest BCUT2D eigenvalue weighted by atomic mass is 31.1.